The number of carbonyl (C=O) groups is 2. The number of rotatable bonds is 5. The first-order valence-corrected chi connectivity index (χ1v) is 11.1. The Balaban J connectivity index is 1.46. The van der Waals surface area contributed by atoms with Crippen LogP contribution in [0.5, 0.6) is 0 Å². The Labute approximate surface area is 191 Å². The first-order valence-electron chi connectivity index (χ1n) is 9.08. The zero-order chi connectivity index (χ0) is 21.1. The van der Waals surface area contributed by atoms with Gasteiger partial charge < -0.3 is 5.32 Å². The lowest BCUT2D eigenvalue weighted by Crippen LogP contribution is -2.10. The lowest BCUT2D eigenvalue weighted by atomic mass is 10.1. The number of hydrogen-bond acceptors (Lipinski definition) is 3. The molecule has 6 heteroatoms. The van der Waals surface area contributed by atoms with Crippen LogP contribution in [-0.2, 0) is 0 Å². The van der Waals surface area contributed by atoms with Crippen LogP contribution in [0.15, 0.2) is 83.3 Å². The van der Waals surface area contributed by atoms with Crippen molar-refractivity contribution in [3.05, 3.63) is 104 Å². The number of benzene rings is 3. The molecule has 0 atom stereocenters. The fourth-order valence-corrected chi connectivity index (χ4v) is 4.77. The Hall–Kier alpha value is -2.73. The van der Waals surface area contributed by atoms with Crippen molar-refractivity contribution in [1.82, 2.24) is 0 Å². The quantitative estimate of drug-likeness (QED) is 0.230. The molecule has 148 valence electrons. The number of carbonyl (C=O) groups excluding carboxylic acids is 2. The molecule has 1 amide bonds. The normalized spacial score (nSPS) is 11.1. The molecule has 0 aliphatic heterocycles. The third kappa shape index (κ3) is 4.54. The first-order chi connectivity index (χ1) is 14.5. The number of anilines is 1. The predicted octanol–water partition coefficient (Wildman–Crippen LogP) is 7.47. The molecule has 3 aromatic carbocycles. The second kappa shape index (κ2) is 8.96. The standard InChI is InChI=1S/C24H15BrClNO2S/c25-17-5-3-4-15(14-17)8-13-20(28)16-9-11-18(12-10-16)27-24(29)23-22(26)19-6-1-2-7-21(19)30-23/h1-14H,(H,27,29)/b13-8+. The zero-order valence-corrected chi connectivity index (χ0v) is 18.7. The number of halogens is 2. The van der Waals surface area contributed by atoms with E-state index < -0.39 is 0 Å². The van der Waals surface area contributed by atoms with Gasteiger partial charge in [0, 0.05) is 25.8 Å². The van der Waals surface area contributed by atoms with Gasteiger partial charge >= 0.3 is 0 Å². The summed E-state index contributed by atoms with van der Waals surface area (Å²) < 4.78 is 1.92. The highest BCUT2D eigenvalue weighted by Crippen LogP contribution is 2.35. The molecule has 0 unspecified atom stereocenters. The van der Waals surface area contributed by atoms with Gasteiger partial charge in [0.05, 0.1) is 5.02 Å². The maximum Gasteiger partial charge on any atom is 0.267 e. The molecule has 0 saturated heterocycles. The molecule has 0 spiro atoms. The van der Waals surface area contributed by atoms with Crippen molar-refractivity contribution in [2.24, 2.45) is 0 Å². The van der Waals surface area contributed by atoms with Gasteiger partial charge in [0.1, 0.15) is 4.88 Å². The van der Waals surface area contributed by atoms with Gasteiger partial charge in [0.15, 0.2) is 5.78 Å². The van der Waals surface area contributed by atoms with Gasteiger partial charge in [-0.1, -0.05) is 63.9 Å². The molecule has 0 radical (unpaired) electrons. The lowest BCUT2D eigenvalue weighted by Gasteiger charge is -2.05. The molecule has 0 saturated carbocycles. The van der Waals surface area contributed by atoms with Crippen molar-refractivity contribution in [2.75, 3.05) is 5.32 Å². The van der Waals surface area contributed by atoms with Crippen LogP contribution in [0.1, 0.15) is 25.6 Å². The number of nitrogens with one attached hydrogen (secondary N) is 1. The van der Waals surface area contributed by atoms with Crippen LogP contribution in [0, 0.1) is 0 Å². The highest BCUT2D eigenvalue weighted by Gasteiger charge is 2.17. The minimum absolute atomic E-state index is 0.111. The largest absolute Gasteiger partial charge is 0.321 e. The SMILES string of the molecule is O=C(/C=C/c1cccc(Br)c1)c1ccc(NC(=O)c2sc3ccccc3c2Cl)cc1. The number of allylic oxidation sites excluding steroid dienone is 1. The van der Waals surface area contributed by atoms with Crippen molar-refractivity contribution >= 4 is 72.4 Å². The van der Waals surface area contributed by atoms with Crippen LogP contribution in [0.3, 0.4) is 0 Å². The van der Waals surface area contributed by atoms with E-state index in [1.165, 1.54) is 17.4 Å². The summed E-state index contributed by atoms with van der Waals surface area (Å²) in [5.74, 6) is -0.379. The highest BCUT2D eigenvalue weighted by atomic mass is 79.9. The molecular weight excluding hydrogens is 482 g/mol. The summed E-state index contributed by atoms with van der Waals surface area (Å²) in [5.41, 5.74) is 2.07. The molecule has 0 aliphatic carbocycles. The van der Waals surface area contributed by atoms with Gasteiger partial charge in [-0.05, 0) is 54.1 Å². The number of hydrogen-bond donors (Lipinski definition) is 1. The van der Waals surface area contributed by atoms with E-state index in [4.69, 9.17) is 11.6 Å². The van der Waals surface area contributed by atoms with Crippen molar-refractivity contribution in [2.45, 2.75) is 0 Å². The second-order valence-electron chi connectivity index (χ2n) is 6.53. The minimum atomic E-state index is -0.269. The van der Waals surface area contributed by atoms with Gasteiger partial charge in [-0.3, -0.25) is 9.59 Å². The van der Waals surface area contributed by atoms with Gasteiger partial charge in [-0.25, -0.2) is 0 Å². The lowest BCUT2D eigenvalue weighted by molar-refractivity contribution is 0.102. The van der Waals surface area contributed by atoms with Crippen molar-refractivity contribution < 1.29 is 9.59 Å². The summed E-state index contributed by atoms with van der Waals surface area (Å²) in [5, 5.41) is 4.17. The third-order valence-corrected chi connectivity index (χ3v) is 6.61. The molecule has 0 bridgehead atoms. The van der Waals surface area contributed by atoms with Crippen LogP contribution < -0.4 is 5.32 Å². The molecular formula is C24H15BrClNO2S. The molecule has 0 fully saturated rings. The summed E-state index contributed by atoms with van der Waals surface area (Å²) >= 11 is 11.1. The molecule has 0 aliphatic rings. The van der Waals surface area contributed by atoms with Gasteiger partial charge in [-0.2, -0.15) is 0 Å². The smallest absolute Gasteiger partial charge is 0.267 e. The van der Waals surface area contributed by atoms with Gasteiger partial charge in [0.25, 0.3) is 5.91 Å². The van der Waals surface area contributed by atoms with Crippen molar-refractivity contribution in [1.29, 1.82) is 0 Å². The van der Waals surface area contributed by atoms with Crippen LogP contribution in [0.2, 0.25) is 5.02 Å². The van der Waals surface area contributed by atoms with Crippen molar-refractivity contribution in [3.63, 3.8) is 0 Å². The van der Waals surface area contributed by atoms with E-state index in [2.05, 4.69) is 21.2 Å². The average molecular weight is 497 g/mol. The monoisotopic (exact) mass is 495 g/mol. The van der Waals surface area contributed by atoms with E-state index in [1.807, 2.05) is 48.5 Å². The topological polar surface area (TPSA) is 46.2 Å². The molecule has 1 aromatic heterocycles. The Morgan fingerprint density at radius 2 is 1.73 bits per heavy atom. The molecule has 4 rings (SSSR count). The molecule has 4 aromatic rings. The Morgan fingerprint density at radius 1 is 0.967 bits per heavy atom. The Kier molecular flexibility index (Phi) is 6.13. The van der Waals surface area contributed by atoms with Crippen LogP contribution in [0.4, 0.5) is 5.69 Å². The zero-order valence-electron chi connectivity index (χ0n) is 15.6. The van der Waals surface area contributed by atoms with Gasteiger partial charge in [-0.15, -0.1) is 11.3 Å². The summed E-state index contributed by atoms with van der Waals surface area (Å²) in [7, 11) is 0. The fraction of sp³-hybridized carbons (Fsp3) is 0. The van der Waals surface area contributed by atoms with Crippen LogP contribution >= 0.6 is 38.9 Å². The molecule has 3 nitrogen and oxygen atoms in total. The van der Waals surface area contributed by atoms with E-state index in [9.17, 15) is 9.59 Å². The maximum atomic E-state index is 12.6. The highest BCUT2D eigenvalue weighted by molar-refractivity contribution is 9.10. The first kappa shape index (κ1) is 20.5. The van der Waals surface area contributed by atoms with Crippen molar-refractivity contribution in [3.8, 4) is 0 Å². The van der Waals surface area contributed by atoms with Crippen LogP contribution in [0.25, 0.3) is 16.2 Å². The average Bonchev–Trinajstić information content (AvgIpc) is 3.09. The molecule has 1 N–H and O–H groups in total. The van der Waals surface area contributed by atoms with E-state index in [0.29, 0.717) is 21.2 Å². The predicted molar refractivity (Wildman–Crippen MR) is 129 cm³/mol. The molecule has 30 heavy (non-hydrogen) atoms. The third-order valence-electron chi connectivity index (χ3n) is 4.44. The van der Waals surface area contributed by atoms with E-state index >= 15 is 0 Å². The van der Waals surface area contributed by atoms with E-state index in [-0.39, 0.29) is 11.7 Å². The van der Waals surface area contributed by atoms with E-state index in [0.717, 1.165) is 20.1 Å². The summed E-state index contributed by atoms with van der Waals surface area (Å²) in [6.07, 6.45) is 3.30. The summed E-state index contributed by atoms with van der Waals surface area (Å²) in [6.45, 7) is 0. The summed E-state index contributed by atoms with van der Waals surface area (Å²) in [4.78, 5) is 25.5. The Bertz CT molecular complexity index is 1280. The van der Waals surface area contributed by atoms with E-state index in [1.54, 1.807) is 30.3 Å². The number of thiophene rings is 1. The molecule has 1 heterocycles. The number of amides is 1. The van der Waals surface area contributed by atoms with Crippen LogP contribution in [-0.4, -0.2) is 11.7 Å². The number of fused-ring (bicyclic) bond motifs is 1. The number of ketones is 1. The second-order valence-corrected chi connectivity index (χ2v) is 8.87. The summed E-state index contributed by atoms with van der Waals surface area (Å²) in [6, 6.07) is 22.1. The van der Waals surface area contributed by atoms with Gasteiger partial charge in [0.2, 0.25) is 0 Å². The Morgan fingerprint density at radius 3 is 2.47 bits per heavy atom. The fourth-order valence-electron chi connectivity index (χ4n) is 2.94. The maximum absolute atomic E-state index is 12.6. The minimum Gasteiger partial charge on any atom is -0.321 e.